The van der Waals surface area contributed by atoms with Crippen LogP contribution in [0.2, 0.25) is 10.0 Å². The standard InChI is InChI=1S/C13H9BCl2O4S/c15-10-6-3-7-11(12(10)16)21(18,19)13-8-4-1-2-5-9(8)14(17)20-13/h1-7,13,17H. The Morgan fingerprint density at radius 3 is 2.57 bits per heavy atom. The summed E-state index contributed by atoms with van der Waals surface area (Å²) < 4.78 is 30.7. The van der Waals surface area contributed by atoms with E-state index in [9.17, 15) is 13.4 Å². The van der Waals surface area contributed by atoms with Crippen LogP contribution in [0.5, 0.6) is 0 Å². The highest BCUT2D eigenvalue weighted by Gasteiger charge is 2.43. The van der Waals surface area contributed by atoms with E-state index in [1.807, 2.05) is 0 Å². The zero-order chi connectivity index (χ0) is 15.2. The van der Waals surface area contributed by atoms with Gasteiger partial charge in [-0.3, -0.25) is 0 Å². The van der Waals surface area contributed by atoms with Crippen molar-refractivity contribution >= 4 is 45.6 Å². The van der Waals surface area contributed by atoms with Crippen molar-refractivity contribution in [2.45, 2.75) is 10.3 Å². The predicted molar refractivity (Wildman–Crippen MR) is 81.5 cm³/mol. The van der Waals surface area contributed by atoms with Crippen LogP contribution in [0.15, 0.2) is 47.4 Å². The van der Waals surface area contributed by atoms with Crippen LogP contribution in [-0.4, -0.2) is 20.6 Å². The molecule has 3 rings (SSSR count). The Morgan fingerprint density at radius 2 is 1.81 bits per heavy atom. The van der Waals surface area contributed by atoms with E-state index in [0.717, 1.165) is 0 Å². The Kier molecular flexibility index (Phi) is 3.75. The van der Waals surface area contributed by atoms with Gasteiger partial charge in [0, 0.05) is 0 Å². The zero-order valence-corrected chi connectivity index (χ0v) is 12.9. The van der Waals surface area contributed by atoms with Crippen LogP contribution in [0.4, 0.5) is 0 Å². The van der Waals surface area contributed by atoms with E-state index in [-0.39, 0.29) is 14.9 Å². The van der Waals surface area contributed by atoms with Crippen LogP contribution < -0.4 is 5.46 Å². The highest BCUT2D eigenvalue weighted by molar-refractivity contribution is 7.91. The van der Waals surface area contributed by atoms with Crippen molar-refractivity contribution in [2.75, 3.05) is 0 Å². The summed E-state index contributed by atoms with van der Waals surface area (Å²) in [7, 11) is -5.22. The molecule has 4 nitrogen and oxygen atoms in total. The van der Waals surface area contributed by atoms with E-state index in [1.165, 1.54) is 18.2 Å². The summed E-state index contributed by atoms with van der Waals surface area (Å²) >= 11 is 11.9. The molecule has 1 aliphatic rings. The fourth-order valence-corrected chi connectivity index (χ4v) is 4.61. The van der Waals surface area contributed by atoms with Crippen molar-refractivity contribution in [3.63, 3.8) is 0 Å². The molecule has 0 radical (unpaired) electrons. The van der Waals surface area contributed by atoms with Crippen LogP contribution in [0, 0.1) is 0 Å². The lowest BCUT2D eigenvalue weighted by molar-refractivity contribution is 0.254. The molecule has 0 saturated carbocycles. The number of hydrogen-bond donors (Lipinski definition) is 1. The first-order valence-corrected chi connectivity index (χ1v) is 8.33. The average molecular weight is 343 g/mol. The van der Waals surface area contributed by atoms with Gasteiger partial charge in [0.1, 0.15) is 0 Å². The molecule has 2 aromatic rings. The first-order chi connectivity index (χ1) is 9.93. The van der Waals surface area contributed by atoms with E-state index in [2.05, 4.69) is 0 Å². The fourth-order valence-electron chi connectivity index (χ4n) is 2.27. The molecule has 1 aliphatic heterocycles. The van der Waals surface area contributed by atoms with Gasteiger partial charge in [0.25, 0.3) is 0 Å². The SMILES string of the molecule is O=S(=O)(c1cccc(Cl)c1Cl)C1OB(O)c2ccccc21. The molecule has 1 N–H and O–H groups in total. The van der Waals surface area contributed by atoms with Crippen LogP contribution in [0.3, 0.4) is 0 Å². The third-order valence-corrected chi connectivity index (χ3v) is 6.09. The first kappa shape index (κ1) is 14.9. The molecule has 108 valence electrons. The fraction of sp³-hybridized carbons (Fsp3) is 0.0769. The maximum Gasteiger partial charge on any atom is 0.492 e. The lowest BCUT2D eigenvalue weighted by atomic mass is 9.80. The number of hydrogen-bond acceptors (Lipinski definition) is 4. The van der Waals surface area contributed by atoms with Gasteiger partial charge < -0.3 is 9.68 Å². The van der Waals surface area contributed by atoms with E-state index >= 15 is 0 Å². The minimum atomic E-state index is -3.94. The molecule has 21 heavy (non-hydrogen) atoms. The molecule has 1 heterocycles. The number of benzene rings is 2. The quantitative estimate of drug-likeness (QED) is 0.850. The summed E-state index contributed by atoms with van der Waals surface area (Å²) in [6.45, 7) is 0. The van der Waals surface area contributed by atoms with Gasteiger partial charge in [0.15, 0.2) is 5.44 Å². The maximum atomic E-state index is 12.7. The molecule has 1 unspecified atom stereocenters. The molecule has 1 atom stereocenters. The van der Waals surface area contributed by atoms with Gasteiger partial charge in [-0.1, -0.05) is 53.5 Å². The highest BCUT2D eigenvalue weighted by Crippen LogP contribution is 2.38. The topological polar surface area (TPSA) is 63.6 Å². The Morgan fingerprint density at radius 1 is 1.10 bits per heavy atom. The monoisotopic (exact) mass is 342 g/mol. The summed E-state index contributed by atoms with van der Waals surface area (Å²) in [5, 5.41) is 9.93. The van der Waals surface area contributed by atoms with Gasteiger partial charge in [0.05, 0.1) is 14.9 Å². The Bertz CT molecular complexity index is 810. The minimum Gasteiger partial charge on any atom is -0.423 e. The first-order valence-electron chi connectivity index (χ1n) is 6.03. The van der Waals surface area contributed by atoms with E-state index in [0.29, 0.717) is 11.0 Å². The molecular weight excluding hydrogens is 334 g/mol. The lowest BCUT2D eigenvalue weighted by Gasteiger charge is -2.15. The molecule has 0 aromatic heterocycles. The van der Waals surface area contributed by atoms with Crippen molar-refractivity contribution in [1.82, 2.24) is 0 Å². The molecule has 0 fully saturated rings. The highest BCUT2D eigenvalue weighted by atomic mass is 35.5. The van der Waals surface area contributed by atoms with E-state index in [4.69, 9.17) is 27.9 Å². The van der Waals surface area contributed by atoms with E-state index in [1.54, 1.807) is 24.3 Å². The largest absolute Gasteiger partial charge is 0.492 e. The second kappa shape index (κ2) is 5.30. The van der Waals surface area contributed by atoms with Crippen LogP contribution in [0.1, 0.15) is 11.0 Å². The summed E-state index contributed by atoms with van der Waals surface area (Å²) in [5.74, 6) is 0. The lowest BCUT2D eigenvalue weighted by Crippen LogP contribution is -2.27. The molecule has 0 amide bonds. The van der Waals surface area contributed by atoms with Crippen molar-refractivity contribution < 1.29 is 18.1 Å². The van der Waals surface area contributed by atoms with Crippen LogP contribution >= 0.6 is 23.2 Å². The predicted octanol–water partition coefficient (Wildman–Crippen LogP) is 2.18. The normalized spacial score (nSPS) is 17.9. The molecule has 0 spiro atoms. The molecule has 0 bridgehead atoms. The van der Waals surface area contributed by atoms with Gasteiger partial charge in [-0.2, -0.15) is 0 Å². The van der Waals surface area contributed by atoms with Gasteiger partial charge in [-0.25, -0.2) is 8.42 Å². The van der Waals surface area contributed by atoms with Gasteiger partial charge in [0.2, 0.25) is 9.84 Å². The molecule has 0 aliphatic carbocycles. The summed E-state index contributed by atoms with van der Waals surface area (Å²) in [6, 6.07) is 11.0. The summed E-state index contributed by atoms with van der Waals surface area (Å²) in [5.41, 5.74) is -0.468. The molecule has 8 heteroatoms. The summed E-state index contributed by atoms with van der Waals surface area (Å²) in [6.07, 6.45) is 0. The molecule has 0 saturated heterocycles. The summed E-state index contributed by atoms with van der Waals surface area (Å²) in [4.78, 5) is -0.120. The number of fused-ring (bicyclic) bond motifs is 1. The smallest absolute Gasteiger partial charge is 0.423 e. The second-order valence-corrected chi connectivity index (χ2v) is 7.29. The van der Waals surface area contributed by atoms with Crippen LogP contribution in [0.25, 0.3) is 0 Å². The van der Waals surface area contributed by atoms with Crippen molar-refractivity contribution in [3.8, 4) is 0 Å². The third kappa shape index (κ3) is 2.37. The minimum absolute atomic E-state index is 0.0540. The zero-order valence-electron chi connectivity index (χ0n) is 10.5. The Hall–Kier alpha value is -1.05. The maximum absolute atomic E-state index is 12.7. The van der Waals surface area contributed by atoms with E-state index < -0.39 is 22.4 Å². The molecular formula is C13H9BCl2O4S. The number of sulfone groups is 1. The second-order valence-electron chi connectivity index (χ2n) is 4.55. The van der Waals surface area contributed by atoms with Crippen LogP contribution in [-0.2, 0) is 14.5 Å². The average Bonchev–Trinajstić information content (AvgIpc) is 2.80. The number of rotatable bonds is 2. The third-order valence-electron chi connectivity index (χ3n) is 3.27. The van der Waals surface area contributed by atoms with Gasteiger partial charge >= 0.3 is 7.12 Å². The Labute approximate surface area is 132 Å². The van der Waals surface area contributed by atoms with Gasteiger partial charge in [-0.15, -0.1) is 0 Å². The van der Waals surface area contributed by atoms with Crippen molar-refractivity contribution in [3.05, 3.63) is 58.1 Å². The molecule has 2 aromatic carbocycles. The van der Waals surface area contributed by atoms with Crippen molar-refractivity contribution in [2.24, 2.45) is 0 Å². The number of halogens is 2. The van der Waals surface area contributed by atoms with Gasteiger partial charge in [-0.05, 0) is 23.2 Å². The van der Waals surface area contributed by atoms with Crippen molar-refractivity contribution in [1.29, 1.82) is 0 Å². The Balaban J connectivity index is 2.15.